The number of likely N-dealkylation sites (tertiary alicyclic amines) is 1. The Hall–Kier alpha value is -0.170. The third-order valence-corrected chi connectivity index (χ3v) is 4.27. The quantitative estimate of drug-likeness (QED) is 0.771. The summed E-state index contributed by atoms with van der Waals surface area (Å²) in [5, 5.41) is 19.6. The van der Waals surface area contributed by atoms with Gasteiger partial charge in [0.1, 0.15) is 0 Å². The summed E-state index contributed by atoms with van der Waals surface area (Å²) in [4.78, 5) is 2.02. The Bertz CT molecular complexity index is 437. The van der Waals surface area contributed by atoms with Crippen LogP contribution in [0.2, 0.25) is 5.02 Å². The molecule has 4 N–H and O–H groups in total. The van der Waals surface area contributed by atoms with Gasteiger partial charge in [0.05, 0.1) is 12.2 Å². The van der Waals surface area contributed by atoms with Gasteiger partial charge in [-0.25, -0.2) is 0 Å². The van der Waals surface area contributed by atoms with Gasteiger partial charge in [-0.1, -0.05) is 33.6 Å². The number of benzene rings is 1. The molecule has 0 spiro atoms. The predicted molar refractivity (Wildman–Crippen MR) is 79.2 cm³/mol. The first-order chi connectivity index (χ1) is 8.97. The molecule has 1 aromatic rings. The first-order valence-electron chi connectivity index (χ1n) is 6.26. The second-order valence-corrected chi connectivity index (χ2v) is 6.28. The highest BCUT2D eigenvalue weighted by molar-refractivity contribution is 9.10. The van der Waals surface area contributed by atoms with Crippen LogP contribution in [0.25, 0.3) is 0 Å². The molecule has 1 aliphatic heterocycles. The summed E-state index contributed by atoms with van der Waals surface area (Å²) < 4.78 is 0.930. The normalized spacial score (nSPS) is 25.7. The molecule has 19 heavy (non-hydrogen) atoms. The van der Waals surface area contributed by atoms with E-state index in [-0.39, 0.29) is 6.04 Å². The van der Waals surface area contributed by atoms with Crippen molar-refractivity contribution in [3.63, 3.8) is 0 Å². The maximum Gasteiger partial charge on any atom is 0.0938 e. The van der Waals surface area contributed by atoms with Crippen LogP contribution in [0, 0.1) is 0 Å². The maximum atomic E-state index is 9.48. The molecule has 0 aromatic heterocycles. The van der Waals surface area contributed by atoms with Gasteiger partial charge in [0.25, 0.3) is 0 Å². The van der Waals surface area contributed by atoms with Crippen molar-refractivity contribution in [2.24, 2.45) is 5.73 Å². The van der Waals surface area contributed by atoms with Crippen LogP contribution in [0.5, 0.6) is 0 Å². The zero-order chi connectivity index (χ0) is 14.0. The molecule has 0 radical (unpaired) electrons. The highest BCUT2D eigenvalue weighted by Crippen LogP contribution is 2.27. The Kier molecular flexibility index (Phi) is 5.22. The van der Waals surface area contributed by atoms with Crippen molar-refractivity contribution in [2.75, 3.05) is 19.6 Å². The molecule has 1 heterocycles. The van der Waals surface area contributed by atoms with Crippen molar-refractivity contribution in [1.29, 1.82) is 0 Å². The van der Waals surface area contributed by atoms with Gasteiger partial charge in [-0.3, -0.25) is 4.90 Å². The van der Waals surface area contributed by atoms with Gasteiger partial charge in [0, 0.05) is 35.2 Å². The molecule has 4 nitrogen and oxygen atoms in total. The lowest BCUT2D eigenvalue weighted by Crippen LogP contribution is -2.26. The van der Waals surface area contributed by atoms with Crippen LogP contribution in [0.3, 0.4) is 0 Å². The van der Waals surface area contributed by atoms with Crippen LogP contribution < -0.4 is 5.73 Å². The maximum absolute atomic E-state index is 9.48. The number of aliphatic hydroxyl groups excluding tert-OH is 2. The predicted octanol–water partition coefficient (Wildman–Crippen LogP) is 1.53. The molecule has 1 aromatic carbocycles. The Labute approximate surface area is 126 Å². The van der Waals surface area contributed by atoms with Crippen LogP contribution in [0.1, 0.15) is 18.0 Å². The van der Waals surface area contributed by atoms with Crippen molar-refractivity contribution in [2.45, 2.75) is 24.7 Å². The van der Waals surface area contributed by atoms with Gasteiger partial charge in [0.2, 0.25) is 0 Å². The number of rotatable bonds is 4. The minimum atomic E-state index is -0.646. The summed E-state index contributed by atoms with van der Waals surface area (Å²) in [6.07, 6.45) is -0.555. The lowest BCUT2D eigenvalue weighted by Gasteiger charge is -2.19. The Morgan fingerprint density at radius 1 is 1.37 bits per heavy atom. The molecule has 0 bridgehead atoms. The highest BCUT2D eigenvalue weighted by atomic mass is 79.9. The van der Waals surface area contributed by atoms with E-state index < -0.39 is 12.2 Å². The lowest BCUT2D eigenvalue weighted by atomic mass is 10.0. The molecule has 6 heteroatoms. The average Bonchev–Trinajstić information content (AvgIpc) is 2.66. The molecule has 1 saturated heterocycles. The van der Waals surface area contributed by atoms with Crippen molar-refractivity contribution in [3.05, 3.63) is 33.3 Å². The third-order valence-electron chi connectivity index (χ3n) is 3.45. The van der Waals surface area contributed by atoms with E-state index in [4.69, 9.17) is 17.3 Å². The SMILES string of the molecule is NC(CCN1CC(O)C(O)C1)c1ccc(Br)cc1Cl. The summed E-state index contributed by atoms with van der Waals surface area (Å²) in [6.45, 7) is 1.74. The van der Waals surface area contributed by atoms with Crippen molar-refractivity contribution < 1.29 is 10.2 Å². The second kappa shape index (κ2) is 6.52. The first-order valence-corrected chi connectivity index (χ1v) is 7.43. The van der Waals surface area contributed by atoms with Crippen molar-refractivity contribution >= 4 is 27.5 Å². The van der Waals surface area contributed by atoms with Gasteiger partial charge in [0.15, 0.2) is 0 Å². The van der Waals surface area contributed by atoms with Gasteiger partial charge in [-0.2, -0.15) is 0 Å². The zero-order valence-corrected chi connectivity index (χ0v) is 12.8. The van der Waals surface area contributed by atoms with Crippen LogP contribution in [0.15, 0.2) is 22.7 Å². The minimum Gasteiger partial charge on any atom is -0.389 e. The number of nitrogens with zero attached hydrogens (tertiary/aromatic N) is 1. The van der Waals surface area contributed by atoms with Gasteiger partial charge in [-0.15, -0.1) is 0 Å². The summed E-state index contributed by atoms with van der Waals surface area (Å²) in [7, 11) is 0. The number of hydrogen-bond acceptors (Lipinski definition) is 4. The third kappa shape index (κ3) is 3.90. The molecule has 1 fully saturated rings. The zero-order valence-electron chi connectivity index (χ0n) is 10.5. The number of aliphatic hydroxyl groups is 2. The Balaban J connectivity index is 1.89. The fourth-order valence-electron chi connectivity index (χ4n) is 2.31. The number of hydrogen-bond donors (Lipinski definition) is 3. The van der Waals surface area contributed by atoms with E-state index in [2.05, 4.69) is 15.9 Å². The smallest absolute Gasteiger partial charge is 0.0938 e. The topological polar surface area (TPSA) is 69.7 Å². The fraction of sp³-hybridized carbons (Fsp3) is 0.538. The molecule has 3 unspecified atom stereocenters. The average molecular weight is 350 g/mol. The Morgan fingerprint density at radius 3 is 2.58 bits per heavy atom. The molecule has 106 valence electrons. The van der Waals surface area contributed by atoms with E-state index in [1.807, 2.05) is 23.1 Å². The monoisotopic (exact) mass is 348 g/mol. The molecule has 1 aliphatic rings. The molecule has 2 rings (SSSR count). The van der Waals surface area contributed by atoms with Gasteiger partial charge in [-0.05, 0) is 24.1 Å². The van der Waals surface area contributed by atoms with E-state index in [0.717, 1.165) is 23.0 Å². The second-order valence-electron chi connectivity index (χ2n) is 4.96. The van der Waals surface area contributed by atoms with E-state index >= 15 is 0 Å². The van der Waals surface area contributed by atoms with Gasteiger partial charge < -0.3 is 15.9 Å². The molecule has 3 atom stereocenters. The first kappa shape index (κ1) is 15.2. The number of nitrogens with two attached hydrogens (primary N) is 1. The van der Waals surface area contributed by atoms with Crippen LogP contribution in [-0.2, 0) is 0 Å². The molecular formula is C13H18BrClN2O2. The largest absolute Gasteiger partial charge is 0.389 e. The van der Waals surface area contributed by atoms with Crippen LogP contribution in [-0.4, -0.2) is 47.0 Å². The summed E-state index contributed by atoms with van der Waals surface area (Å²) in [5.41, 5.74) is 7.06. The molecule has 0 amide bonds. The van der Waals surface area contributed by atoms with Crippen LogP contribution >= 0.6 is 27.5 Å². The summed E-state index contributed by atoms with van der Waals surface area (Å²) in [6, 6.07) is 5.53. The fourth-order valence-corrected chi connectivity index (χ4v) is 3.12. The van der Waals surface area contributed by atoms with Crippen LogP contribution in [0.4, 0.5) is 0 Å². The lowest BCUT2D eigenvalue weighted by molar-refractivity contribution is 0.0572. The summed E-state index contributed by atoms with van der Waals surface area (Å²) >= 11 is 9.52. The van der Waals surface area contributed by atoms with E-state index in [0.29, 0.717) is 18.1 Å². The number of β-amino-alcohol motifs (C(OH)–C–C–N with tert-alkyl or cyclic N) is 2. The van der Waals surface area contributed by atoms with E-state index in [9.17, 15) is 10.2 Å². The summed E-state index contributed by atoms with van der Waals surface area (Å²) in [5.74, 6) is 0. The van der Waals surface area contributed by atoms with Crippen molar-refractivity contribution in [1.82, 2.24) is 4.90 Å². The van der Waals surface area contributed by atoms with Crippen molar-refractivity contribution in [3.8, 4) is 0 Å². The number of halogens is 2. The standard InChI is InChI=1S/C13H18BrClN2O2/c14-8-1-2-9(10(15)5-8)11(16)3-4-17-6-12(18)13(19)7-17/h1-2,5,11-13,18-19H,3-4,6-7,16H2. The van der Waals surface area contributed by atoms with E-state index in [1.165, 1.54) is 0 Å². The van der Waals surface area contributed by atoms with E-state index in [1.54, 1.807) is 0 Å². The van der Waals surface area contributed by atoms with Gasteiger partial charge >= 0.3 is 0 Å². The molecule has 0 aliphatic carbocycles. The Morgan fingerprint density at radius 2 is 2.00 bits per heavy atom. The molecule has 0 saturated carbocycles. The molecular weight excluding hydrogens is 332 g/mol. The minimum absolute atomic E-state index is 0.143. The highest BCUT2D eigenvalue weighted by Gasteiger charge is 2.29.